The monoisotopic (exact) mass is 317 g/mol. The number of carbonyl (C=O) groups excluding carboxylic acids is 2. The summed E-state index contributed by atoms with van der Waals surface area (Å²) < 4.78 is 6.23. The summed E-state index contributed by atoms with van der Waals surface area (Å²) in [6.45, 7) is 1.12. The molecule has 2 unspecified atom stereocenters. The van der Waals surface area contributed by atoms with Crippen molar-refractivity contribution >= 4 is 11.9 Å². The topological polar surface area (TPSA) is 75.9 Å². The van der Waals surface area contributed by atoms with Crippen LogP contribution in [0.4, 0.5) is 4.79 Å². The molecule has 6 heteroatoms. The van der Waals surface area contributed by atoms with Gasteiger partial charge >= 0.3 is 6.03 Å². The fourth-order valence-electron chi connectivity index (χ4n) is 2.95. The van der Waals surface area contributed by atoms with E-state index in [1.807, 2.05) is 35.2 Å². The molecule has 0 radical (unpaired) electrons. The molecule has 1 aromatic rings. The van der Waals surface area contributed by atoms with Crippen molar-refractivity contribution in [3.05, 3.63) is 35.9 Å². The second-order valence-electron chi connectivity index (χ2n) is 6.40. The molecule has 2 aliphatic rings. The molecule has 1 aliphatic carbocycles. The number of hydrogen-bond donors (Lipinski definition) is 1. The third-order valence-corrected chi connectivity index (χ3v) is 4.55. The Morgan fingerprint density at radius 1 is 1.26 bits per heavy atom. The number of nitrogens with zero attached hydrogens (tertiary/aromatic N) is 2. The van der Waals surface area contributed by atoms with E-state index >= 15 is 0 Å². The van der Waals surface area contributed by atoms with Gasteiger partial charge in [-0.1, -0.05) is 30.3 Å². The Balaban J connectivity index is 1.71. The van der Waals surface area contributed by atoms with Crippen molar-refractivity contribution in [1.82, 2.24) is 9.80 Å². The number of hydrogen-bond acceptors (Lipinski definition) is 3. The van der Waals surface area contributed by atoms with Gasteiger partial charge in [-0.2, -0.15) is 0 Å². The molecule has 3 amide bonds. The van der Waals surface area contributed by atoms with Crippen molar-refractivity contribution in [2.75, 3.05) is 26.7 Å². The number of carbonyl (C=O) groups is 2. The molecule has 1 aromatic carbocycles. The third kappa shape index (κ3) is 3.82. The maximum Gasteiger partial charge on any atom is 0.314 e. The van der Waals surface area contributed by atoms with E-state index in [2.05, 4.69) is 0 Å². The molecule has 0 aromatic heterocycles. The van der Waals surface area contributed by atoms with Crippen molar-refractivity contribution in [1.29, 1.82) is 0 Å². The van der Waals surface area contributed by atoms with Gasteiger partial charge in [-0.25, -0.2) is 4.79 Å². The first-order valence-corrected chi connectivity index (χ1v) is 8.03. The Morgan fingerprint density at radius 3 is 2.57 bits per heavy atom. The van der Waals surface area contributed by atoms with E-state index in [9.17, 15) is 9.59 Å². The van der Waals surface area contributed by atoms with E-state index in [-0.39, 0.29) is 24.7 Å². The summed E-state index contributed by atoms with van der Waals surface area (Å²) in [6.07, 6.45) is 2.29. The first-order valence-electron chi connectivity index (χ1n) is 8.03. The number of likely N-dealkylation sites (N-methyl/N-ethyl adjacent to an activating group) is 1. The number of nitrogens with two attached hydrogens (primary N) is 1. The van der Waals surface area contributed by atoms with Crippen molar-refractivity contribution in [2.24, 2.45) is 11.7 Å². The van der Waals surface area contributed by atoms with E-state index < -0.39 is 6.03 Å². The first kappa shape index (κ1) is 15.8. The van der Waals surface area contributed by atoms with Crippen LogP contribution in [-0.2, 0) is 9.53 Å². The van der Waals surface area contributed by atoms with Crippen LogP contribution in [0.3, 0.4) is 0 Å². The zero-order valence-electron chi connectivity index (χ0n) is 13.4. The van der Waals surface area contributed by atoms with Crippen LogP contribution in [-0.4, -0.2) is 54.5 Å². The number of rotatable bonds is 4. The summed E-state index contributed by atoms with van der Waals surface area (Å²) in [5.74, 6) is 0.465. The molecular weight excluding hydrogens is 294 g/mol. The van der Waals surface area contributed by atoms with Crippen molar-refractivity contribution in [3.63, 3.8) is 0 Å². The molecular formula is C17H23N3O3. The minimum Gasteiger partial charge on any atom is -0.366 e. The number of urea groups is 1. The molecule has 124 valence electrons. The highest BCUT2D eigenvalue weighted by molar-refractivity contribution is 5.83. The molecule has 2 N–H and O–H groups in total. The Kier molecular flexibility index (Phi) is 4.52. The Bertz CT molecular complexity index is 574. The zero-order chi connectivity index (χ0) is 16.4. The minimum absolute atomic E-state index is 0.00816. The van der Waals surface area contributed by atoms with Crippen LogP contribution < -0.4 is 5.73 Å². The third-order valence-electron chi connectivity index (χ3n) is 4.55. The van der Waals surface area contributed by atoms with E-state index in [1.165, 1.54) is 11.9 Å². The lowest BCUT2D eigenvalue weighted by Gasteiger charge is -2.39. The summed E-state index contributed by atoms with van der Waals surface area (Å²) in [6, 6.07) is 9.38. The lowest BCUT2D eigenvalue weighted by atomic mass is 10.0. The Morgan fingerprint density at radius 2 is 1.96 bits per heavy atom. The average molecular weight is 317 g/mol. The standard InChI is InChI=1S/C17H23N3O3/c1-19(17(18)22)11-16(21)20-9-14(12-5-3-2-4-6-12)23-15(10-20)13-7-8-13/h2-6,13-15H,7-11H2,1H3,(H2,18,22). The normalized spacial score (nSPS) is 24.3. The summed E-state index contributed by atoms with van der Waals surface area (Å²) in [4.78, 5) is 26.7. The van der Waals surface area contributed by atoms with E-state index in [1.54, 1.807) is 0 Å². The van der Waals surface area contributed by atoms with Crippen LogP contribution >= 0.6 is 0 Å². The number of ether oxygens (including phenoxy) is 1. The van der Waals surface area contributed by atoms with Gasteiger partial charge in [-0.3, -0.25) is 4.79 Å². The molecule has 2 fully saturated rings. The van der Waals surface area contributed by atoms with E-state index in [0.29, 0.717) is 19.0 Å². The van der Waals surface area contributed by atoms with E-state index in [0.717, 1.165) is 18.4 Å². The van der Waals surface area contributed by atoms with Gasteiger partial charge in [0.15, 0.2) is 0 Å². The average Bonchev–Trinajstić information content (AvgIpc) is 3.40. The van der Waals surface area contributed by atoms with Crippen LogP contribution in [0.5, 0.6) is 0 Å². The quantitative estimate of drug-likeness (QED) is 0.911. The molecule has 2 atom stereocenters. The summed E-state index contributed by atoms with van der Waals surface area (Å²) >= 11 is 0. The first-order chi connectivity index (χ1) is 11.0. The maximum atomic E-state index is 12.5. The van der Waals surface area contributed by atoms with Crippen molar-refractivity contribution < 1.29 is 14.3 Å². The highest BCUT2D eigenvalue weighted by atomic mass is 16.5. The van der Waals surface area contributed by atoms with Crippen LogP contribution in [0.2, 0.25) is 0 Å². The summed E-state index contributed by atoms with van der Waals surface area (Å²) in [5.41, 5.74) is 6.29. The molecule has 0 bridgehead atoms. The molecule has 0 spiro atoms. The summed E-state index contributed by atoms with van der Waals surface area (Å²) in [5, 5.41) is 0. The van der Waals surface area contributed by atoms with Gasteiger partial charge < -0.3 is 20.3 Å². The lowest BCUT2D eigenvalue weighted by Crippen LogP contribution is -2.51. The molecule has 23 heavy (non-hydrogen) atoms. The second-order valence-corrected chi connectivity index (χ2v) is 6.40. The van der Waals surface area contributed by atoms with Crippen LogP contribution in [0.1, 0.15) is 24.5 Å². The predicted molar refractivity (Wildman–Crippen MR) is 85.6 cm³/mol. The zero-order valence-corrected chi connectivity index (χ0v) is 13.4. The number of primary amides is 1. The lowest BCUT2D eigenvalue weighted by molar-refractivity contribution is -0.148. The van der Waals surface area contributed by atoms with E-state index in [4.69, 9.17) is 10.5 Å². The van der Waals surface area contributed by atoms with Gasteiger partial charge in [0.1, 0.15) is 12.6 Å². The van der Waals surface area contributed by atoms with Gasteiger partial charge in [-0.15, -0.1) is 0 Å². The van der Waals surface area contributed by atoms with Gasteiger partial charge in [-0.05, 0) is 24.3 Å². The maximum absolute atomic E-state index is 12.5. The fraction of sp³-hybridized carbons (Fsp3) is 0.529. The van der Waals surface area contributed by atoms with Gasteiger partial charge in [0.2, 0.25) is 5.91 Å². The highest BCUT2D eigenvalue weighted by Gasteiger charge is 2.40. The smallest absolute Gasteiger partial charge is 0.314 e. The predicted octanol–water partition coefficient (Wildman–Crippen LogP) is 1.38. The Hall–Kier alpha value is -2.08. The Labute approximate surface area is 136 Å². The van der Waals surface area contributed by atoms with Crippen molar-refractivity contribution in [2.45, 2.75) is 25.0 Å². The fourth-order valence-corrected chi connectivity index (χ4v) is 2.95. The SMILES string of the molecule is CN(CC(=O)N1CC(c2ccccc2)OC(C2CC2)C1)C(N)=O. The van der Waals surface area contributed by atoms with Gasteiger partial charge in [0.25, 0.3) is 0 Å². The highest BCUT2D eigenvalue weighted by Crippen LogP contribution is 2.39. The van der Waals surface area contributed by atoms with Crippen LogP contribution in [0.15, 0.2) is 30.3 Å². The minimum atomic E-state index is -0.593. The number of benzene rings is 1. The molecule has 6 nitrogen and oxygen atoms in total. The largest absolute Gasteiger partial charge is 0.366 e. The molecule has 1 saturated heterocycles. The second kappa shape index (κ2) is 6.58. The van der Waals surface area contributed by atoms with Crippen LogP contribution in [0, 0.1) is 5.92 Å². The van der Waals surface area contributed by atoms with Crippen LogP contribution in [0.25, 0.3) is 0 Å². The van der Waals surface area contributed by atoms with Gasteiger partial charge in [0.05, 0.1) is 12.6 Å². The van der Waals surface area contributed by atoms with Gasteiger partial charge in [0, 0.05) is 13.6 Å². The summed E-state index contributed by atoms with van der Waals surface area (Å²) in [7, 11) is 1.54. The molecule has 1 heterocycles. The molecule has 3 rings (SSSR count). The number of amides is 3. The molecule has 1 aliphatic heterocycles. The number of morpholine rings is 1. The van der Waals surface area contributed by atoms with Crippen molar-refractivity contribution in [3.8, 4) is 0 Å². The molecule has 1 saturated carbocycles.